The van der Waals surface area contributed by atoms with Crippen LogP contribution in [0.5, 0.6) is 0 Å². The van der Waals surface area contributed by atoms with Crippen molar-refractivity contribution in [3.05, 3.63) is 24.0 Å². The van der Waals surface area contributed by atoms with Gasteiger partial charge in [-0.2, -0.15) is 0 Å². The van der Waals surface area contributed by atoms with E-state index >= 15 is 0 Å². The Balaban J connectivity index is 1.85. The van der Waals surface area contributed by atoms with E-state index in [1.165, 1.54) is 12.8 Å². The summed E-state index contributed by atoms with van der Waals surface area (Å²) >= 11 is 0. The van der Waals surface area contributed by atoms with Gasteiger partial charge in [0.15, 0.2) is 0 Å². The molecule has 1 unspecified atom stereocenters. The SMILES string of the molecule is Cc1ccncc1NC(=O)CC(C)C1CCNCC1. The Morgan fingerprint density at radius 3 is 2.95 bits per heavy atom. The molecule has 1 atom stereocenters. The number of anilines is 1. The van der Waals surface area contributed by atoms with Gasteiger partial charge in [-0.1, -0.05) is 6.92 Å². The number of hydrogen-bond donors (Lipinski definition) is 2. The smallest absolute Gasteiger partial charge is 0.224 e. The molecule has 1 fully saturated rings. The van der Waals surface area contributed by atoms with E-state index in [0.29, 0.717) is 18.3 Å². The van der Waals surface area contributed by atoms with Crippen LogP contribution >= 0.6 is 0 Å². The minimum Gasteiger partial charge on any atom is -0.325 e. The molecule has 4 nitrogen and oxygen atoms in total. The standard InChI is InChI=1S/C15H23N3O/c1-11-3-6-17-10-14(11)18-15(19)9-12(2)13-4-7-16-8-5-13/h3,6,10,12-13,16H,4-5,7-9H2,1-2H3,(H,18,19). The maximum Gasteiger partial charge on any atom is 0.224 e. The number of carbonyl (C=O) groups is 1. The van der Waals surface area contributed by atoms with Crippen LogP contribution in [0.25, 0.3) is 0 Å². The van der Waals surface area contributed by atoms with Crippen LogP contribution < -0.4 is 10.6 Å². The summed E-state index contributed by atoms with van der Waals surface area (Å²) in [6.07, 6.45) is 6.41. The third-order valence-corrected chi connectivity index (χ3v) is 4.01. The Labute approximate surface area is 115 Å². The first-order valence-electron chi connectivity index (χ1n) is 7.08. The van der Waals surface area contributed by atoms with Gasteiger partial charge < -0.3 is 10.6 Å². The molecule has 0 saturated carbocycles. The second-order valence-electron chi connectivity index (χ2n) is 5.51. The van der Waals surface area contributed by atoms with Gasteiger partial charge in [-0.3, -0.25) is 9.78 Å². The van der Waals surface area contributed by atoms with Gasteiger partial charge in [-0.05, 0) is 56.3 Å². The molecular weight excluding hydrogens is 238 g/mol. The van der Waals surface area contributed by atoms with Crippen LogP contribution in [0.2, 0.25) is 0 Å². The van der Waals surface area contributed by atoms with Crippen molar-refractivity contribution >= 4 is 11.6 Å². The minimum atomic E-state index is 0.0992. The van der Waals surface area contributed by atoms with Crippen molar-refractivity contribution in [2.45, 2.75) is 33.1 Å². The first kappa shape index (κ1) is 14.0. The summed E-state index contributed by atoms with van der Waals surface area (Å²) in [5.41, 5.74) is 1.88. The first-order valence-corrected chi connectivity index (χ1v) is 7.08. The molecule has 1 aliphatic rings. The molecule has 1 aromatic rings. The van der Waals surface area contributed by atoms with Crippen molar-refractivity contribution in [3.8, 4) is 0 Å². The van der Waals surface area contributed by atoms with Crippen molar-refractivity contribution in [2.24, 2.45) is 11.8 Å². The number of aromatic nitrogens is 1. The highest BCUT2D eigenvalue weighted by Crippen LogP contribution is 2.24. The summed E-state index contributed by atoms with van der Waals surface area (Å²) in [6.45, 7) is 6.33. The molecule has 2 rings (SSSR count). The number of pyridine rings is 1. The van der Waals surface area contributed by atoms with Crippen LogP contribution in [0.1, 0.15) is 31.7 Å². The molecule has 0 spiro atoms. The predicted molar refractivity (Wildman–Crippen MR) is 77.0 cm³/mol. The maximum absolute atomic E-state index is 12.1. The molecule has 0 bridgehead atoms. The van der Waals surface area contributed by atoms with Gasteiger partial charge in [0.1, 0.15) is 0 Å². The second kappa shape index (κ2) is 6.66. The Morgan fingerprint density at radius 2 is 2.26 bits per heavy atom. The summed E-state index contributed by atoms with van der Waals surface area (Å²) in [5.74, 6) is 1.21. The highest BCUT2D eigenvalue weighted by atomic mass is 16.1. The zero-order valence-electron chi connectivity index (χ0n) is 11.8. The Morgan fingerprint density at radius 1 is 1.53 bits per heavy atom. The molecule has 2 N–H and O–H groups in total. The average molecular weight is 261 g/mol. The lowest BCUT2D eigenvalue weighted by atomic mass is 9.84. The number of rotatable bonds is 4. The molecule has 2 heterocycles. The van der Waals surface area contributed by atoms with E-state index in [1.54, 1.807) is 12.4 Å². The van der Waals surface area contributed by atoms with E-state index in [1.807, 2.05) is 13.0 Å². The fourth-order valence-corrected chi connectivity index (χ4v) is 2.67. The van der Waals surface area contributed by atoms with Crippen LogP contribution in [-0.2, 0) is 4.79 Å². The first-order chi connectivity index (χ1) is 9.16. The number of hydrogen-bond acceptors (Lipinski definition) is 3. The fourth-order valence-electron chi connectivity index (χ4n) is 2.67. The van der Waals surface area contributed by atoms with Gasteiger partial charge in [0.2, 0.25) is 5.91 Å². The maximum atomic E-state index is 12.1. The van der Waals surface area contributed by atoms with E-state index in [9.17, 15) is 4.79 Å². The molecule has 1 aromatic heterocycles. The number of amides is 1. The lowest BCUT2D eigenvalue weighted by Gasteiger charge is -2.27. The summed E-state index contributed by atoms with van der Waals surface area (Å²) in [5, 5.41) is 6.32. The molecule has 0 aliphatic carbocycles. The van der Waals surface area contributed by atoms with Gasteiger partial charge >= 0.3 is 0 Å². The van der Waals surface area contributed by atoms with Gasteiger partial charge in [0.25, 0.3) is 0 Å². The van der Waals surface area contributed by atoms with Crippen molar-refractivity contribution in [1.29, 1.82) is 0 Å². The van der Waals surface area contributed by atoms with Crippen LogP contribution in [-0.4, -0.2) is 24.0 Å². The van der Waals surface area contributed by atoms with E-state index in [2.05, 4.69) is 22.5 Å². The van der Waals surface area contributed by atoms with Crippen molar-refractivity contribution in [1.82, 2.24) is 10.3 Å². The van der Waals surface area contributed by atoms with E-state index in [4.69, 9.17) is 0 Å². The summed E-state index contributed by atoms with van der Waals surface area (Å²) in [4.78, 5) is 16.1. The summed E-state index contributed by atoms with van der Waals surface area (Å²) < 4.78 is 0. The zero-order chi connectivity index (χ0) is 13.7. The highest BCUT2D eigenvalue weighted by Gasteiger charge is 2.22. The monoisotopic (exact) mass is 261 g/mol. The third kappa shape index (κ3) is 4.03. The van der Waals surface area contributed by atoms with Crippen molar-refractivity contribution in [3.63, 3.8) is 0 Å². The van der Waals surface area contributed by atoms with Crippen LogP contribution in [0.4, 0.5) is 5.69 Å². The summed E-state index contributed by atoms with van der Waals surface area (Å²) in [6, 6.07) is 1.91. The third-order valence-electron chi connectivity index (χ3n) is 4.01. The number of carbonyl (C=O) groups excluding carboxylic acids is 1. The van der Waals surface area contributed by atoms with Crippen molar-refractivity contribution in [2.75, 3.05) is 18.4 Å². The molecule has 104 valence electrons. The molecule has 19 heavy (non-hydrogen) atoms. The topological polar surface area (TPSA) is 54.0 Å². The van der Waals surface area contributed by atoms with Gasteiger partial charge in [-0.25, -0.2) is 0 Å². The molecule has 1 amide bonds. The van der Waals surface area contributed by atoms with Crippen LogP contribution in [0.15, 0.2) is 18.5 Å². The lowest BCUT2D eigenvalue weighted by Crippen LogP contribution is -2.32. The molecule has 0 radical (unpaired) electrons. The second-order valence-corrected chi connectivity index (χ2v) is 5.51. The Kier molecular flexibility index (Phi) is 4.91. The molecule has 1 aliphatic heterocycles. The van der Waals surface area contributed by atoms with Crippen LogP contribution in [0.3, 0.4) is 0 Å². The Hall–Kier alpha value is -1.42. The van der Waals surface area contributed by atoms with Gasteiger partial charge in [0.05, 0.1) is 11.9 Å². The average Bonchev–Trinajstić information content (AvgIpc) is 2.42. The molecular formula is C15H23N3O. The number of aryl methyl sites for hydroxylation is 1. The fraction of sp³-hybridized carbons (Fsp3) is 0.600. The molecule has 0 aromatic carbocycles. The van der Waals surface area contributed by atoms with E-state index < -0.39 is 0 Å². The minimum absolute atomic E-state index is 0.0992. The number of nitrogens with zero attached hydrogens (tertiary/aromatic N) is 1. The largest absolute Gasteiger partial charge is 0.325 e. The molecule has 4 heteroatoms. The van der Waals surface area contributed by atoms with E-state index in [0.717, 1.165) is 24.3 Å². The van der Waals surface area contributed by atoms with Crippen LogP contribution in [0, 0.1) is 18.8 Å². The Bertz CT molecular complexity index is 427. The normalized spacial score (nSPS) is 18.0. The zero-order valence-corrected chi connectivity index (χ0v) is 11.8. The summed E-state index contributed by atoms with van der Waals surface area (Å²) in [7, 11) is 0. The quantitative estimate of drug-likeness (QED) is 0.874. The molecule has 1 saturated heterocycles. The predicted octanol–water partition coefficient (Wildman–Crippen LogP) is 2.35. The van der Waals surface area contributed by atoms with Gasteiger partial charge in [0, 0.05) is 12.6 Å². The highest BCUT2D eigenvalue weighted by molar-refractivity contribution is 5.91. The van der Waals surface area contributed by atoms with E-state index in [-0.39, 0.29) is 5.91 Å². The number of piperidine rings is 1. The van der Waals surface area contributed by atoms with Crippen molar-refractivity contribution < 1.29 is 4.79 Å². The lowest BCUT2D eigenvalue weighted by molar-refractivity contribution is -0.117. The van der Waals surface area contributed by atoms with Gasteiger partial charge in [-0.15, -0.1) is 0 Å². The number of nitrogens with one attached hydrogen (secondary N) is 2.